The zero-order valence-corrected chi connectivity index (χ0v) is 11.8. The number of nitrogen functional groups attached to an aromatic ring is 1. The van der Waals surface area contributed by atoms with Gasteiger partial charge in [-0.1, -0.05) is 15.9 Å². The van der Waals surface area contributed by atoms with Crippen molar-refractivity contribution in [2.45, 2.75) is 6.61 Å². The summed E-state index contributed by atoms with van der Waals surface area (Å²) in [7, 11) is 0. The lowest BCUT2D eigenvalue weighted by Crippen LogP contribution is -2.01. The van der Waals surface area contributed by atoms with E-state index < -0.39 is 10.7 Å². The fourth-order valence-corrected chi connectivity index (χ4v) is 1.95. The fraction of sp³-hybridized carbons (Fsp3) is 0.0769. The number of nitro groups is 1. The van der Waals surface area contributed by atoms with E-state index in [0.717, 1.165) is 0 Å². The summed E-state index contributed by atoms with van der Waals surface area (Å²) in [4.78, 5) is 10.1. The Labute approximate surface area is 122 Å². The zero-order valence-electron chi connectivity index (χ0n) is 10.2. The highest BCUT2D eigenvalue weighted by Gasteiger charge is 2.11. The summed E-state index contributed by atoms with van der Waals surface area (Å²) in [6.45, 7) is 0.0650. The van der Waals surface area contributed by atoms with Crippen LogP contribution >= 0.6 is 15.9 Å². The molecular formula is C13H10BrFN2O3. The molecule has 0 atom stereocenters. The van der Waals surface area contributed by atoms with E-state index in [0.29, 0.717) is 10.0 Å². The number of nitro benzene ring substituents is 1. The van der Waals surface area contributed by atoms with Crippen LogP contribution < -0.4 is 10.5 Å². The molecule has 7 heteroatoms. The number of rotatable bonds is 4. The summed E-state index contributed by atoms with van der Waals surface area (Å²) in [6, 6.07) is 8.60. The van der Waals surface area contributed by atoms with Gasteiger partial charge in [-0.25, -0.2) is 4.39 Å². The number of hydrogen-bond acceptors (Lipinski definition) is 4. The number of anilines is 1. The average molecular weight is 341 g/mol. The van der Waals surface area contributed by atoms with Crippen molar-refractivity contribution >= 4 is 27.3 Å². The standard InChI is InChI=1S/C13H10BrFN2O3/c14-9-2-3-10(15)13(6-9)20-7-8-1-4-12(17(18)19)11(16)5-8/h1-6H,7,16H2. The van der Waals surface area contributed by atoms with Gasteiger partial charge in [0.1, 0.15) is 12.3 Å². The first-order valence-corrected chi connectivity index (χ1v) is 6.37. The third-order valence-corrected chi connectivity index (χ3v) is 3.07. The van der Waals surface area contributed by atoms with Gasteiger partial charge in [-0.05, 0) is 35.9 Å². The van der Waals surface area contributed by atoms with Crippen LogP contribution in [0.25, 0.3) is 0 Å². The second-order valence-corrected chi connectivity index (χ2v) is 4.93. The van der Waals surface area contributed by atoms with E-state index in [1.807, 2.05) is 0 Å². The van der Waals surface area contributed by atoms with Crippen molar-refractivity contribution in [3.8, 4) is 5.75 Å². The van der Waals surface area contributed by atoms with Gasteiger partial charge in [0.05, 0.1) is 4.92 Å². The van der Waals surface area contributed by atoms with Crippen LogP contribution in [0.4, 0.5) is 15.8 Å². The molecule has 0 amide bonds. The molecule has 0 saturated heterocycles. The summed E-state index contributed by atoms with van der Waals surface area (Å²) in [5, 5.41) is 10.6. The van der Waals surface area contributed by atoms with E-state index in [1.54, 1.807) is 6.07 Å². The van der Waals surface area contributed by atoms with Crippen LogP contribution in [0.3, 0.4) is 0 Å². The first-order valence-electron chi connectivity index (χ1n) is 5.58. The average Bonchev–Trinajstić information content (AvgIpc) is 2.39. The smallest absolute Gasteiger partial charge is 0.292 e. The topological polar surface area (TPSA) is 78.4 Å². The van der Waals surface area contributed by atoms with E-state index in [-0.39, 0.29) is 23.7 Å². The molecule has 0 spiro atoms. The van der Waals surface area contributed by atoms with Gasteiger partial charge in [-0.3, -0.25) is 10.1 Å². The molecule has 2 rings (SSSR count). The van der Waals surface area contributed by atoms with Crippen LogP contribution in [0.2, 0.25) is 0 Å². The van der Waals surface area contributed by atoms with Gasteiger partial charge in [-0.2, -0.15) is 0 Å². The molecule has 0 aliphatic carbocycles. The molecule has 0 bridgehead atoms. The largest absolute Gasteiger partial charge is 0.486 e. The first kappa shape index (κ1) is 14.3. The van der Waals surface area contributed by atoms with Crippen LogP contribution in [0.1, 0.15) is 5.56 Å². The maximum absolute atomic E-state index is 13.5. The van der Waals surface area contributed by atoms with Crippen molar-refractivity contribution in [2.75, 3.05) is 5.73 Å². The minimum atomic E-state index is -0.562. The lowest BCUT2D eigenvalue weighted by molar-refractivity contribution is -0.383. The molecule has 2 N–H and O–H groups in total. The molecule has 0 radical (unpaired) electrons. The minimum absolute atomic E-state index is 0.0471. The molecule has 0 saturated carbocycles. The van der Waals surface area contributed by atoms with Gasteiger partial charge < -0.3 is 10.5 Å². The number of halogens is 2. The van der Waals surface area contributed by atoms with Crippen molar-refractivity contribution < 1.29 is 14.1 Å². The molecular weight excluding hydrogens is 331 g/mol. The Kier molecular flexibility index (Phi) is 4.19. The number of ether oxygens (including phenoxy) is 1. The van der Waals surface area contributed by atoms with Crippen molar-refractivity contribution in [3.63, 3.8) is 0 Å². The number of nitrogens with zero attached hydrogens (tertiary/aromatic N) is 1. The summed E-state index contributed by atoms with van der Waals surface area (Å²) < 4.78 is 19.5. The Hall–Kier alpha value is -2.15. The molecule has 0 heterocycles. The Morgan fingerprint density at radius 3 is 2.70 bits per heavy atom. The highest BCUT2D eigenvalue weighted by atomic mass is 79.9. The minimum Gasteiger partial charge on any atom is -0.486 e. The molecule has 0 aliphatic heterocycles. The maximum Gasteiger partial charge on any atom is 0.292 e. The Balaban J connectivity index is 2.13. The van der Waals surface area contributed by atoms with E-state index in [9.17, 15) is 14.5 Å². The highest BCUT2D eigenvalue weighted by Crippen LogP contribution is 2.25. The second-order valence-electron chi connectivity index (χ2n) is 4.01. The van der Waals surface area contributed by atoms with Gasteiger partial charge in [0.15, 0.2) is 11.6 Å². The molecule has 2 aromatic rings. The zero-order chi connectivity index (χ0) is 14.7. The van der Waals surface area contributed by atoms with Gasteiger partial charge in [0.25, 0.3) is 5.69 Å². The molecule has 0 aliphatic rings. The Morgan fingerprint density at radius 1 is 1.30 bits per heavy atom. The van der Waals surface area contributed by atoms with Gasteiger partial charge in [0.2, 0.25) is 0 Å². The lowest BCUT2D eigenvalue weighted by Gasteiger charge is -2.08. The third kappa shape index (κ3) is 3.24. The lowest BCUT2D eigenvalue weighted by atomic mass is 10.2. The van der Waals surface area contributed by atoms with E-state index in [1.165, 1.54) is 30.3 Å². The molecule has 0 unspecified atom stereocenters. The van der Waals surface area contributed by atoms with Gasteiger partial charge in [0, 0.05) is 10.5 Å². The Bertz CT molecular complexity index is 664. The van der Waals surface area contributed by atoms with Crippen LogP contribution in [-0.4, -0.2) is 4.92 Å². The van der Waals surface area contributed by atoms with Gasteiger partial charge >= 0.3 is 0 Å². The van der Waals surface area contributed by atoms with E-state index in [2.05, 4.69) is 15.9 Å². The summed E-state index contributed by atoms with van der Waals surface area (Å²) in [5.74, 6) is -0.389. The quantitative estimate of drug-likeness (QED) is 0.523. The first-order chi connectivity index (χ1) is 9.47. The van der Waals surface area contributed by atoms with E-state index >= 15 is 0 Å². The molecule has 2 aromatic carbocycles. The summed E-state index contributed by atoms with van der Waals surface area (Å²) in [5.41, 5.74) is 6.07. The van der Waals surface area contributed by atoms with E-state index in [4.69, 9.17) is 10.5 Å². The normalized spacial score (nSPS) is 10.3. The molecule has 0 aromatic heterocycles. The van der Waals surface area contributed by atoms with Crippen molar-refractivity contribution in [1.82, 2.24) is 0 Å². The number of nitrogens with two attached hydrogens (primary N) is 1. The Morgan fingerprint density at radius 2 is 2.05 bits per heavy atom. The van der Waals surface area contributed by atoms with Crippen LogP contribution in [0.15, 0.2) is 40.9 Å². The third-order valence-electron chi connectivity index (χ3n) is 2.58. The van der Waals surface area contributed by atoms with Crippen LogP contribution in [-0.2, 0) is 6.61 Å². The van der Waals surface area contributed by atoms with Crippen molar-refractivity contribution in [3.05, 3.63) is 62.4 Å². The molecule has 0 fully saturated rings. The van der Waals surface area contributed by atoms with Gasteiger partial charge in [-0.15, -0.1) is 0 Å². The number of benzene rings is 2. The second kappa shape index (κ2) is 5.87. The van der Waals surface area contributed by atoms with Crippen molar-refractivity contribution in [1.29, 1.82) is 0 Å². The predicted octanol–water partition coefficient (Wildman–Crippen LogP) is 3.66. The fourth-order valence-electron chi connectivity index (χ4n) is 1.61. The maximum atomic E-state index is 13.5. The summed E-state index contributed by atoms with van der Waals surface area (Å²) in [6.07, 6.45) is 0. The predicted molar refractivity (Wildman–Crippen MR) is 75.9 cm³/mol. The summed E-state index contributed by atoms with van der Waals surface area (Å²) >= 11 is 3.22. The highest BCUT2D eigenvalue weighted by molar-refractivity contribution is 9.10. The molecule has 20 heavy (non-hydrogen) atoms. The van der Waals surface area contributed by atoms with Crippen molar-refractivity contribution in [2.24, 2.45) is 0 Å². The van der Waals surface area contributed by atoms with Crippen LogP contribution in [0, 0.1) is 15.9 Å². The SMILES string of the molecule is Nc1cc(COc2cc(Br)ccc2F)ccc1[N+](=O)[O-]. The molecule has 5 nitrogen and oxygen atoms in total. The molecule has 104 valence electrons. The number of hydrogen-bond donors (Lipinski definition) is 1. The van der Waals surface area contributed by atoms with Crippen LogP contribution in [0.5, 0.6) is 5.75 Å². The monoisotopic (exact) mass is 340 g/mol.